The smallest absolute Gasteiger partial charge is 0.308 e. The Bertz CT molecular complexity index is 1830. The molecule has 1 saturated heterocycles. The third-order valence-corrected chi connectivity index (χ3v) is 9.88. The molecule has 1 fully saturated rings. The van der Waals surface area contributed by atoms with Crippen LogP contribution >= 0.6 is 0 Å². The van der Waals surface area contributed by atoms with E-state index in [0.717, 1.165) is 88.6 Å². The molecular formula is C42H63N5O10. The van der Waals surface area contributed by atoms with Crippen LogP contribution in [0.2, 0.25) is 0 Å². The lowest BCUT2D eigenvalue weighted by Crippen LogP contribution is -2.36. The summed E-state index contributed by atoms with van der Waals surface area (Å²) in [5.74, 6) is 2.61. The number of benzene rings is 1. The van der Waals surface area contributed by atoms with Crippen molar-refractivity contribution < 1.29 is 47.2 Å². The van der Waals surface area contributed by atoms with Crippen LogP contribution < -0.4 is 4.74 Å². The van der Waals surface area contributed by atoms with E-state index in [9.17, 15) is 4.79 Å². The van der Waals surface area contributed by atoms with Gasteiger partial charge >= 0.3 is 5.97 Å². The highest BCUT2D eigenvalue weighted by molar-refractivity contribution is 6.05. The molecule has 1 aliphatic rings. The second-order valence-electron chi connectivity index (χ2n) is 15.4. The number of imidazole rings is 1. The minimum atomic E-state index is -0.479. The number of hydrogen-bond donors (Lipinski definition) is 0. The number of hydrogen-bond acceptors (Lipinski definition) is 14. The lowest BCUT2D eigenvalue weighted by molar-refractivity contribution is -0.156. The predicted octanol–water partition coefficient (Wildman–Crippen LogP) is 6.07. The number of aryl methyl sites for hydroxylation is 2. The molecule has 1 atom stereocenters. The van der Waals surface area contributed by atoms with Crippen LogP contribution in [0.3, 0.4) is 0 Å². The number of esters is 1. The predicted molar refractivity (Wildman–Crippen MR) is 216 cm³/mol. The third-order valence-electron chi connectivity index (χ3n) is 9.88. The average Bonchev–Trinajstić information content (AvgIpc) is 3.74. The number of fused-ring (bicyclic) bond motifs is 3. The van der Waals surface area contributed by atoms with Gasteiger partial charge in [0.1, 0.15) is 28.5 Å². The highest BCUT2D eigenvalue weighted by Crippen LogP contribution is 2.41. The van der Waals surface area contributed by atoms with E-state index >= 15 is 0 Å². The van der Waals surface area contributed by atoms with Gasteiger partial charge in [0.05, 0.1) is 121 Å². The molecule has 15 nitrogen and oxygen atoms in total. The third kappa shape index (κ3) is 12.6. The molecule has 5 rings (SSSR count). The van der Waals surface area contributed by atoms with Gasteiger partial charge in [-0.15, -0.1) is 0 Å². The molecule has 316 valence electrons. The number of carbonyl (C=O) groups is 1. The summed E-state index contributed by atoms with van der Waals surface area (Å²) in [6.07, 6.45) is 4.13. The zero-order valence-electron chi connectivity index (χ0n) is 35.2. The first kappa shape index (κ1) is 44.4. The van der Waals surface area contributed by atoms with Crippen molar-refractivity contribution in [2.24, 2.45) is 0 Å². The summed E-state index contributed by atoms with van der Waals surface area (Å²) < 4.78 is 52.7. The molecule has 0 amide bonds. The van der Waals surface area contributed by atoms with E-state index in [4.69, 9.17) is 52.4 Å². The van der Waals surface area contributed by atoms with Crippen molar-refractivity contribution in [3.8, 4) is 16.9 Å². The van der Waals surface area contributed by atoms with Crippen molar-refractivity contribution in [3.05, 3.63) is 35.6 Å². The second-order valence-corrected chi connectivity index (χ2v) is 15.4. The number of rotatable bonds is 24. The zero-order chi connectivity index (χ0) is 40.8. The molecule has 0 spiro atoms. The van der Waals surface area contributed by atoms with Crippen molar-refractivity contribution >= 4 is 27.9 Å². The molecular weight excluding hydrogens is 734 g/mol. The topological polar surface area (TPSA) is 151 Å². The van der Waals surface area contributed by atoms with Gasteiger partial charge in [-0.25, -0.2) is 4.98 Å². The molecule has 0 radical (unpaired) electrons. The van der Waals surface area contributed by atoms with Crippen LogP contribution in [0, 0.1) is 13.8 Å². The summed E-state index contributed by atoms with van der Waals surface area (Å²) in [5, 5.41) is 5.16. The van der Waals surface area contributed by atoms with Gasteiger partial charge in [0.15, 0.2) is 0 Å². The van der Waals surface area contributed by atoms with Gasteiger partial charge < -0.3 is 51.9 Å². The average molecular weight is 798 g/mol. The number of pyridine rings is 1. The highest BCUT2D eigenvalue weighted by atomic mass is 16.6. The van der Waals surface area contributed by atoms with E-state index < -0.39 is 5.60 Å². The molecule has 1 aromatic carbocycles. The minimum absolute atomic E-state index is 0.0733. The Morgan fingerprint density at radius 3 is 2.05 bits per heavy atom. The van der Waals surface area contributed by atoms with Crippen LogP contribution in [0.1, 0.15) is 76.2 Å². The van der Waals surface area contributed by atoms with Crippen LogP contribution in [-0.2, 0) is 38.0 Å². The molecule has 4 heterocycles. The van der Waals surface area contributed by atoms with Gasteiger partial charge in [-0.05, 0) is 79.6 Å². The van der Waals surface area contributed by atoms with Crippen molar-refractivity contribution in [3.63, 3.8) is 0 Å². The van der Waals surface area contributed by atoms with E-state index in [-0.39, 0.29) is 18.4 Å². The lowest BCUT2D eigenvalue weighted by Gasteiger charge is -2.32. The summed E-state index contributed by atoms with van der Waals surface area (Å²) in [5.41, 5.74) is 4.95. The van der Waals surface area contributed by atoms with Crippen molar-refractivity contribution in [1.29, 1.82) is 0 Å². The minimum Gasteiger partial charge on any atom is -0.496 e. The summed E-state index contributed by atoms with van der Waals surface area (Å²) in [6, 6.07) is 4.22. The summed E-state index contributed by atoms with van der Waals surface area (Å²) in [6.45, 7) is 19.8. The molecule has 1 aliphatic heterocycles. The monoisotopic (exact) mass is 797 g/mol. The number of nitrogens with zero attached hydrogens (tertiary/aromatic N) is 5. The van der Waals surface area contributed by atoms with E-state index in [1.807, 2.05) is 40.8 Å². The van der Waals surface area contributed by atoms with Crippen LogP contribution in [0.15, 0.2) is 22.9 Å². The molecule has 4 aromatic rings. The fourth-order valence-corrected chi connectivity index (χ4v) is 7.24. The summed E-state index contributed by atoms with van der Waals surface area (Å²) in [4.78, 5) is 24.2. The zero-order valence-corrected chi connectivity index (χ0v) is 35.2. The molecule has 0 N–H and O–H groups in total. The second kappa shape index (κ2) is 21.9. The maximum Gasteiger partial charge on any atom is 0.308 e. The van der Waals surface area contributed by atoms with Gasteiger partial charge in [-0.2, -0.15) is 0 Å². The first-order valence-corrected chi connectivity index (χ1v) is 20.1. The molecule has 0 unspecified atom stereocenters. The number of carbonyl (C=O) groups excluding carboxylic acids is 1. The number of ether oxygens (including phenoxy) is 8. The fraction of sp³-hybridized carbons (Fsp3) is 0.667. The number of piperidine rings is 1. The molecule has 0 bridgehead atoms. The Balaban J connectivity index is 1.00. The Labute approximate surface area is 336 Å². The van der Waals surface area contributed by atoms with E-state index in [0.29, 0.717) is 78.6 Å². The lowest BCUT2D eigenvalue weighted by atomic mass is 9.95. The first-order valence-electron chi connectivity index (χ1n) is 20.1. The molecule has 3 aromatic heterocycles. The quantitative estimate of drug-likeness (QED) is 0.0596. The van der Waals surface area contributed by atoms with E-state index in [1.165, 1.54) is 0 Å². The molecule has 0 aliphatic carbocycles. The van der Waals surface area contributed by atoms with Crippen molar-refractivity contribution in [1.82, 2.24) is 24.6 Å². The van der Waals surface area contributed by atoms with Crippen LogP contribution in [0.4, 0.5) is 0 Å². The maximum atomic E-state index is 11.7. The van der Waals surface area contributed by atoms with Gasteiger partial charge in [-0.1, -0.05) is 5.16 Å². The van der Waals surface area contributed by atoms with Gasteiger partial charge in [-0.3, -0.25) is 9.78 Å². The highest BCUT2D eigenvalue weighted by Gasteiger charge is 2.29. The van der Waals surface area contributed by atoms with Gasteiger partial charge in [0, 0.05) is 30.5 Å². The normalized spacial score (nSPS) is 14.9. The number of likely N-dealkylation sites (tertiary alicyclic amines) is 1. The van der Waals surface area contributed by atoms with Gasteiger partial charge in [0.25, 0.3) is 0 Å². The Morgan fingerprint density at radius 2 is 1.49 bits per heavy atom. The summed E-state index contributed by atoms with van der Waals surface area (Å²) in [7, 11) is 3.44. The molecule has 57 heavy (non-hydrogen) atoms. The standard InChI is InChI=1S/C42H63N5O10/c1-29(28-49-7)47-40-33-26-37(50-8)34(39-30(2)45-57-31(39)3)25-35(33)43-27-36(40)44-41(47)32-9-12-46(13-10-32)14-16-52-18-20-54-22-24-55-23-21-53-19-17-51-15-11-38(48)56-42(4,5)6/h25-27,29,32H,9-24,28H2,1-8H3/t29-/m1/s1. The SMILES string of the molecule is COC[C@@H](C)n1c(C2CCN(CCOCCOCCOCCOCCOCCC(=O)OC(C)(C)C)CC2)nc2cnc3cc(-c4c(C)noc4C)c(OC)cc3c21. The van der Waals surface area contributed by atoms with E-state index in [2.05, 4.69) is 33.7 Å². The van der Waals surface area contributed by atoms with E-state index in [1.54, 1.807) is 14.2 Å². The van der Waals surface area contributed by atoms with Gasteiger partial charge in [0.2, 0.25) is 0 Å². The Kier molecular flexibility index (Phi) is 17.1. The Hall–Kier alpha value is -3.70. The first-order chi connectivity index (χ1) is 27.5. The Morgan fingerprint density at radius 1 is 0.877 bits per heavy atom. The van der Waals surface area contributed by atoms with Crippen molar-refractivity contribution in [2.75, 3.05) is 107 Å². The number of aromatic nitrogens is 4. The number of methoxy groups -OCH3 is 2. The summed E-state index contributed by atoms with van der Waals surface area (Å²) >= 11 is 0. The fourth-order valence-electron chi connectivity index (χ4n) is 7.24. The maximum absolute atomic E-state index is 11.7. The largest absolute Gasteiger partial charge is 0.496 e. The van der Waals surface area contributed by atoms with Crippen molar-refractivity contribution in [2.45, 2.75) is 78.4 Å². The molecule has 15 heteroatoms. The molecule has 0 saturated carbocycles. The van der Waals surface area contributed by atoms with Crippen LogP contribution in [0.25, 0.3) is 33.1 Å². The van der Waals surface area contributed by atoms with Crippen LogP contribution in [-0.4, -0.2) is 143 Å². The van der Waals surface area contributed by atoms with Crippen LogP contribution in [0.5, 0.6) is 5.75 Å².